The van der Waals surface area contributed by atoms with E-state index in [0.29, 0.717) is 5.91 Å². The van der Waals surface area contributed by atoms with E-state index < -0.39 is 5.41 Å². The number of rotatable bonds is 3. The van der Waals surface area contributed by atoms with Gasteiger partial charge in [0.1, 0.15) is 5.82 Å². The van der Waals surface area contributed by atoms with Gasteiger partial charge in [-0.1, -0.05) is 32.9 Å². The zero-order valence-electron chi connectivity index (χ0n) is 16.1. The third kappa shape index (κ3) is 4.17. The second kappa shape index (κ2) is 7.64. The fourth-order valence-electron chi connectivity index (χ4n) is 3.61. The van der Waals surface area contributed by atoms with E-state index in [1.807, 2.05) is 36.4 Å². The van der Waals surface area contributed by atoms with Crippen molar-refractivity contribution in [1.82, 2.24) is 14.7 Å². The lowest BCUT2D eigenvalue weighted by Gasteiger charge is -2.35. The van der Waals surface area contributed by atoms with Crippen LogP contribution in [0.3, 0.4) is 0 Å². The average molecular weight is 358 g/mol. The highest BCUT2D eigenvalue weighted by atomic mass is 16.2. The summed E-state index contributed by atoms with van der Waals surface area (Å²) in [5, 5.41) is 7.41. The molecule has 1 N–H and O–H groups in total. The van der Waals surface area contributed by atoms with E-state index in [4.69, 9.17) is 0 Å². The van der Waals surface area contributed by atoms with Crippen LogP contribution in [0.2, 0.25) is 0 Å². The Labute approximate surface area is 155 Å². The molecule has 2 aliphatic rings. The van der Waals surface area contributed by atoms with E-state index >= 15 is 0 Å². The van der Waals surface area contributed by atoms with Crippen LogP contribution in [-0.2, 0) is 9.59 Å². The summed E-state index contributed by atoms with van der Waals surface area (Å²) in [6.45, 7) is 7.21. The van der Waals surface area contributed by atoms with Gasteiger partial charge in [-0.25, -0.2) is 4.68 Å². The minimum Gasteiger partial charge on any atom is -0.342 e. The van der Waals surface area contributed by atoms with Crippen molar-refractivity contribution in [2.75, 3.05) is 18.4 Å². The highest BCUT2D eigenvalue weighted by Crippen LogP contribution is 2.29. The van der Waals surface area contributed by atoms with Crippen molar-refractivity contribution in [2.24, 2.45) is 11.3 Å². The number of aromatic nitrogens is 2. The molecule has 6 nitrogen and oxygen atoms in total. The first kappa shape index (κ1) is 18.7. The Hall–Kier alpha value is -2.11. The van der Waals surface area contributed by atoms with Crippen LogP contribution in [0.1, 0.15) is 58.9 Å². The SMILES string of the molecule is CC(C)(C)C(=O)Nc1ccnn1C1CCN(C(=O)[C@@H]2CC=CCC2)CC1. The molecule has 2 heterocycles. The lowest BCUT2D eigenvalue weighted by Crippen LogP contribution is -2.42. The first-order valence-electron chi connectivity index (χ1n) is 9.65. The molecule has 142 valence electrons. The maximum Gasteiger partial charge on any atom is 0.230 e. The predicted octanol–water partition coefficient (Wildman–Crippen LogP) is 3.39. The van der Waals surface area contributed by atoms with Crippen LogP contribution in [0.5, 0.6) is 0 Å². The Bertz CT molecular complexity index is 678. The van der Waals surface area contributed by atoms with E-state index in [2.05, 4.69) is 22.6 Å². The molecule has 1 aromatic rings. The number of hydrogen-bond acceptors (Lipinski definition) is 3. The minimum atomic E-state index is -0.445. The van der Waals surface area contributed by atoms with Crippen molar-refractivity contribution < 1.29 is 9.59 Å². The second-order valence-electron chi connectivity index (χ2n) is 8.40. The zero-order chi connectivity index (χ0) is 18.7. The van der Waals surface area contributed by atoms with Crippen molar-refractivity contribution in [3.63, 3.8) is 0 Å². The van der Waals surface area contributed by atoms with Crippen LogP contribution < -0.4 is 5.32 Å². The van der Waals surface area contributed by atoms with Crippen LogP contribution >= 0.6 is 0 Å². The molecule has 0 bridgehead atoms. The number of likely N-dealkylation sites (tertiary alicyclic amines) is 1. The van der Waals surface area contributed by atoms with Gasteiger partial charge >= 0.3 is 0 Å². The van der Waals surface area contributed by atoms with Gasteiger partial charge in [-0.3, -0.25) is 9.59 Å². The standard InChI is InChI=1S/C20H30N4O2/c1-20(2,3)19(26)22-17-9-12-21-24(17)16-10-13-23(14-11-16)18(25)15-7-5-4-6-8-15/h4-5,9,12,15-16H,6-8,10-11,13-14H2,1-3H3,(H,22,26)/t15-/m1/s1. The van der Waals surface area contributed by atoms with E-state index in [0.717, 1.165) is 51.0 Å². The number of carbonyl (C=O) groups is 2. The summed E-state index contributed by atoms with van der Waals surface area (Å²) in [4.78, 5) is 27.0. The maximum atomic E-state index is 12.7. The van der Waals surface area contributed by atoms with Crippen molar-refractivity contribution in [3.05, 3.63) is 24.4 Å². The van der Waals surface area contributed by atoms with Gasteiger partial charge in [-0.15, -0.1) is 0 Å². The summed E-state index contributed by atoms with van der Waals surface area (Å²) < 4.78 is 1.91. The molecule has 1 aliphatic carbocycles. The number of carbonyl (C=O) groups excluding carboxylic acids is 2. The Morgan fingerprint density at radius 1 is 1.15 bits per heavy atom. The summed E-state index contributed by atoms with van der Waals surface area (Å²) in [5.41, 5.74) is -0.445. The molecule has 6 heteroatoms. The van der Waals surface area contributed by atoms with E-state index in [1.54, 1.807) is 6.20 Å². The van der Waals surface area contributed by atoms with Crippen molar-refractivity contribution >= 4 is 17.6 Å². The first-order chi connectivity index (χ1) is 12.4. The molecule has 26 heavy (non-hydrogen) atoms. The largest absolute Gasteiger partial charge is 0.342 e. The number of nitrogens with zero attached hydrogens (tertiary/aromatic N) is 3. The smallest absolute Gasteiger partial charge is 0.230 e. The predicted molar refractivity (Wildman–Crippen MR) is 102 cm³/mol. The fourth-order valence-corrected chi connectivity index (χ4v) is 3.61. The molecule has 3 rings (SSSR count). The molecule has 0 aromatic carbocycles. The van der Waals surface area contributed by atoms with Gasteiger partial charge in [-0.05, 0) is 32.1 Å². The molecular weight excluding hydrogens is 328 g/mol. The van der Waals surface area contributed by atoms with Gasteiger partial charge in [0.25, 0.3) is 0 Å². The molecule has 0 spiro atoms. The van der Waals surface area contributed by atoms with Crippen LogP contribution in [0.15, 0.2) is 24.4 Å². The number of allylic oxidation sites excluding steroid dienone is 2. The van der Waals surface area contributed by atoms with Gasteiger partial charge in [0.15, 0.2) is 0 Å². The molecule has 1 atom stereocenters. The zero-order valence-corrected chi connectivity index (χ0v) is 16.1. The summed E-state index contributed by atoms with van der Waals surface area (Å²) in [6, 6.07) is 2.06. The lowest BCUT2D eigenvalue weighted by molar-refractivity contribution is -0.137. The van der Waals surface area contributed by atoms with E-state index in [-0.39, 0.29) is 17.9 Å². The van der Waals surface area contributed by atoms with Crippen LogP contribution in [0, 0.1) is 11.3 Å². The lowest BCUT2D eigenvalue weighted by atomic mass is 9.92. The van der Waals surface area contributed by atoms with Crippen LogP contribution in [-0.4, -0.2) is 39.6 Å². The monoisotopic (exact) mass is 358 g/mol. The number of anilines is 1. The van der Waals surface area contributed by atoms with Crippen molar-refractivity contribution in [2.45, 2.75) is 58.9 Å². The van der Waals surface area contributed by atoms with Gasteiger partial charge in [0, 0.05) is 30.5 Å². The summed E-state index contributed by atoms with van der Waals surface area (Å²) in [5.74, 6) is 1.18. The summed E-state index contributed by atoms with van der Waals surface area (Å²) >= 11 is 0. The molecule has 1 saturated heterocycles. The number of amides is 2. The third-order valence-electron chi connectivity index (χ3n) is 5.33. The van der Waals surface area contributed by atoms with E-state index in [1.165, 1.54) is 0 Å². The van der Waals surface area contributed by atoms with Gasteiger partial charge < -0.3 is 10.2 Å². The van der Waals surface area contributed by atoms with Gasteiger partial charge in [-0.2, -0.15) is 5.10 Å². The Balaban J connectivity index is 1.59. The highest BCUT2D eigenvalue weighted by molar-refractivity contribution is 5.93. The Kier molecular flexibility index (Phi) is 5.49. The topological polar surface area (TPSA) is 67.2 Å². The minimum absolute atomic E-state index is 0.0165. The quantitative estimate of drug-likeness (QED) is 0.842. The van der Waals surface area contributed by atoms with E-state index in [9.17, 15) is 9.59 Å². The van der Waals surface area contributed by atoms with Crippen LogP contribution in [0.4, 0.5) is 5.82 Å². The highest BCUT2D eigenvalue weighted by Gasteiger charge is 2.30. The van der Waals surface area contributed by atoms with Crippen molar-refractivity contribution in [1.29, 1.82) is 0 Å². The van der Waals surface area contributed by atoms with Gasteiger partial charge in [0.2, 0.25) is 11.8 Å². The third-order valence-corrected chi connectivity index (χ3v) is 5.33. The Morgan fingerprint density at radius 3 is 2.50 bits per heavy atom. The second-order valence-corrected chi connectivity index (χ2v) is 8.40. The average Bonchev–Trinajstić information content (AvgIpc) is 3.09. The summed E-state index contributed by atoms with van der Waals surface area (Å²) in [6.07, 6.45) is 10.6. The number of hydrogen-bond donors (Lipinski definition) is 1. The number of nitrogens with one attached hydrogen (secondary N) is 1. The molecular formula is C20H30N4O2. The molecule has 1 aromatic heterocycles. The first-order valence-corrected chi connectivity index (χ1v) is 9.65. The molecule has 2 amide bonds. The molecule has 0 saturated carbocycles. The normalized spacial score (nSPS) is 21.7. The molecule has 0 radical (unpaired) electrons. The van der Waals surface area contributed by atoms with Gasteiger partial charge in [0.05, 0.1) is 12.2 Å². The fraction of sp³-hybridized carbons (Fsp3) is 0.650. The Morgan fingerprint density at radius 2 is 1.88 bits per heavy atom. The molecule has 1 aliphatic heterocycles. The van der Waals surface area contributed by atoms with Crippen LogP contribution in [0.25, 0.3) is 0 Å². The summed E-state index contributed by atoms with van der Waals surface area (Å²) in [7, 11) is 0. The maximum absolute atomic E-state index is 12.7. The molecule has 0 unspecified atom stereocenters. The molecule has 1 fully saturated rings. The van der Waals surface area contributed by atoms with Crippen molar-refractivity contribution in [3.8, 4) is 0 Å². The number of piperidine rings is 1.